The van der Waals surface area contributed by atoms with Crippen LogP contribution in [-0.4, -0.2) is 32.2 Å². The van der Waals surface area contributed by atoms with Crippen LogP contribution in [0.5, 0.6) is 0 Å². The molecule has 1 aliphatic carbocycles. The molecule has 0 radical (unpaired) electrons. The molecule has 0 bridgehead atoms. The standard InChI is InChI=1S/C20H22FN5O/c1-12-5-6-15(23-9-12)13-8-16-18(25-17-4-3-7-20(17,2)21)14(19(22)27)10-24-26(16)11-13/h5-6,8-11,17,25H,3-4,7H2,1-2H3,(H2,22,27)/t17-,20-/m1/s1. The maximum atomic E-state index is 14.8. The molecule has 3 heterocycles. The van der Waals surface area contributed by atoms with E-state index in [0.717, 1.165) is 23.2 Å². The highest BCUT2D eigenvalue weighted by atomic mass is 19.1. The molecule has 4 rings (SSSR count). The summed E-state index contributed by atoms with van der Waals surface area (Å²) in [5.41, 5.74) is 8.40. The predicted octanol–water partition coefficient (Wildman–Crippen LogP) is 3.50. The number of nitrogens with zero attached hydrogens (tertiary/aromatic N) is 3. The number of carbonyl (C=O) groups is 1. The van der Waals surface area contributed by atoms with Crippen molar-refractivity contribution < 1.29 is 9.18 Å². The molecular weight excluding hydrogens is 345 g/mol. The molecule has 27 heavy (non-hydrogen) atoms. The minimum absolute atomic E-state index is 0.256. The van der Waals surface area contributed by atoms with Crippen molar-refractivity contribution >= 4 is 17.1 Å². The normalized spacial score (nSPS) is 22.3. The Labute approximate surface area is 156 Å². The van der Waals surface area contributed by atoms with Crippen LogP contribution >= 0.6 is 0 Å². The number of alkyl halides is 1. The lowest BCUT2D eigenvalue weighted by Crippen LogP contribution is -2.36. The first-order valence-corrected chi connectivity index (χ1v) is 9.05. The Kier molecular flexibility index (Phi) is 4.09. The molecule has 3 N–H and O–H groups in total. The number of aromatic nitrogens is 3. The van der Waals surface area contributed by atoms with E-state index < -0.39 is 11.6 Å². The van der Waals surface area contributed by atoms with Gasteiger partial charge in [-0.05, 0) is 50.8 Å². The number of nitrogens with one attached hydrogen (secondary N) is 1. The van der Waals surface area contributed by atoms with E-state index in [2.05, 4.69) is 15.4 Å². The summed E-state index contributed by atoms with van der Waals surface area (Å²) in [5.74, 6) is -0.595. The van der Waals surface area contributed by atoms with E-state index in [1.807, 2.05) is 31.3 Å². The lowest BCUT2D eigenvalue weighted by molar-refractivity contribution is 0.1000. The predicted molar refractivity (Wildman–Crippen MR) is 102 cm³/mol. The Morgan fingerprint density at radius 2 is 2.22 bits per heavy atom. The van der Waals surface area contributed by atoms with E-state index in [-0.39, 0.29) is 11.6 Å². The highest BCUT2D eigenvalue weighted by molar-refractivity contribution is 6.02. The zero-order valence-corrected chi connectivity index (χ0v) is 15.4. The molecule has 1 saturated carbocycles. The molecule has 2 atom stereocenters. The van der Waals surface area contributed by atoms with Crippen molar-refractivity contribution in [2.75, 3.05) is 5.32 Å². The van der Waals surface area contributed by atoms with E-state index in [9.17, 15) is 9.18 Å². The van der Waals surface area contributed by atoms with Crippen LogP contribution in [0.4, 0.5) is 10.1 Å². The second kappa shape index (κ2) is 6.33. The Bertz CT molecular complexity index is 1010. The molecule has 6 nitrogen and oxygen atoms in total. The third-order valence-electron chi connectivity index (χ3n) is 5.31. The molecule has 3 aromatic rings. The van der Waals surface area contributed by atoms with Gasteiger partial charge < -0.3 is 11.1 Å². The van der Waals surface area contributed by atoms with Gasteiger partial charge in [0, 0.05) is 18.0 Å². The summed E-state index contributed by atoms with van der Waals surface area (Å²) in [6.07, 6.45) is 7.06. The quantitative estimate of drug-likeness (QED) is 0.739. The molecule has 0 aromatic carbocycles. The van der Waals surface area contributed by atoms with E-state index in [4.69, 9.17) is 5.73 Å². The minimum Gasteiger partial charge on any atom is -0.377 e. The van der Waals surface area contributed by atoms with Gasteiger partial charge in [0.25, 0.3) is 5.91 Å². The molecule has 0 saturated heterocycles. The van der Waals surface area contributed by atoms with E-state index in [1.54, 1.807) is 17.6 Å². The van der Waals surface area contributed by atoms with Gasteiger partial charge in [0.05, 0.1) is 34.7 Å². The summed E-state index contributed by atoms with van der Waals surface area (Å²) in [7, 11) is 0. The van der Waals surface area contributed by atoms with Crippen LogP contribution in [0.3, 0.4) is 0 Å². The smallest absolute Gasteiger partial charge is 0.252 e. The van der Waals surface area contributed by atoms with Crippen molar-refractivity contribution in [2.45, 2.75) is 44.8 Å². The largest absolute Gasteiger partial charge is 0.377 e. The molecule has 3 aromatic heterocycles. The number of aryl methyl sites for hydroxylation is 1. The minimum atomic E-state index is -1.33. The maximum Gasteiger partial charge on any atom is 0.252 e. The Morgan fingerprint density at radius 3 is 2.85 bits per heavy atom. The van der Waals surface area contributed by atoms with Gasteiger partial charge in [-0.3, -0.25) is 9.78 Å². The van der Waals surface area contributed by atoms with Crippen molar-refractivity contribution in [3.8, 4) is 11.3 Å². The number of nitrogens with two attached hydrogens (primary N) is 1. The van der Waals surface area contributed by atoms with Gasteiger partial charge in [-0.15, -0.1) is 0 Å². The van der Waals surface area contributed by atoms with Gasteiger partial charge in [0.1, 0.15) is 5.67 Å². The number of hydrogen-bond donors (Lipinski definition) is 2. The number of pyridine rings is 1. The number of fused-ring (bicyclic) bond motifs is 1. The van der Waals surface area contributed by atoms with Crippen LogP contribution in [0.15, 0.2) is 36.8 Å². The molecule has 7 heteroatoms. The van der Waals surface area contributed by atoms with Crippen LogP contribution in [0.2, 0.25) is 0 Å². The van der Waals surface area contributed by atoms with Gasteiger partial charge >= 0.3 is 0 Å². The van der Waals surface area contributed by atoms with Crippen molar-refractivity contribution in [1.29, 1.82) is 0 Å². The Balaban J connectivity index is 1.82. The molecule has 1 fully saturated rings. The lowest BCUT2D eigenvalue weighted by atomic mass is 10.0. The molecule has 0 spiro atoms. The van der Waals surface area contributed by atoms with E-state index >= 15 is 0 Å². The first-order valence-electron chi connectivity index (χ1n) is 9.05. The summed E-state index contributed by atoms with van der Waals surface area (Å²) in [4.78, 5) is 16.4. The first kappa shape index (κ1) is 17.5. The van der Waals surface area contributed by atoms with Gasteiger partial charge in [0.15, 0.2) is 0 Å². The average molecular weight is 367 g/mol. The number of halogens is 1. The third-order valence-corrected chi connectivity index (χ3v) is 5.31. The van der Waals surface area contributed by atoms with Crippen molar-refractivity contribution in [1.82, 2.24) is 14.6 Å². The number of amides is 1. The maximum absolute atomic E-state index is 14.8. The SMILES string of the molecule is Cc1ccc(-c2cc3c(N[C@@H]4CCC[C@@]4(C)F)c(C(N)=O)cnn3c2)nc1. The van der Waals surface area contributed by atoms with Crippen LogP contribution < -0.4 is 11.1 Å². The Morgan fingerprint density at radius 1 is 1.41 bits per heavy atom. The fourth-order valence-electron chi connectivity index (χ4n) is 3.70. The molecule has 140 valence electrons. The molecule has 0 aliphatic heterocycles. The van der Waals surface area contributed by atoms with Gasteiger partial charge in [-0.1, -0.05) is 6.07 Å². The van der Waals surface area contributed by atoms with Gasteiger partial charge in [-0.2, -0.15) is 5.10 Å². The number of carbonyl (C=O) groups excluding carboxylic acids is 1. The van der Waals surface area contributed by atoms with Crippen molar-refractivity contribution in [3.05, 3.63) is 47.9 Å². The number of rotatable bonds is 4. The fraction of sp³-hybridized carbons (Fsp3) is 0.350. The second-order valence-electron chi connectivity index (χ2n) is 7.44. The molecule has 1 aliphatic rings. The first-order chi connectivity index (χ1) is 12.8. The number of anilines is 1. The van der Waals surface area contributed by atoms with Gasteiger partial charge in [0.2, 0.25) is 0 Å². The Hall–Kier alpha value is -2.96. The van der Waals surface area contributed by atoms with Crippen molar-refractivity contribution in [3.63, 3.8) is 0 Å². The zero-order chi connectivity index (χ0) is 19.2. The number of primary amides is 1. The van der Waals surface area contributed by atoms with E-state index in [0.29, 0.717) is 24.0 Å². The highest BCUT2D eigenvalue weighted by Gasteiger charge is 2.39. The summed E-state index contributed by atoms with van der Waals surface area (Å²) in [6.45, 7) is 3.57. The van der Waals surface area contributed by atoms with Crippen molar-refractivity contribution in [2.24, 2.45) is 5.73 Å². The monoisotopic (exact) mass is 367 g/mol. The summed E-state index contributed by atoms with van der Waals surface area (Å²) < 4.78 is 16.5. The highest BCUT2D eigenvalue weighted by Crippen LogP contribution is 2.37. The summed E-state index contributed by atoms with van der Waals surface area (Å²) >= 11 is 0. The summed E-state index contributed by atoms with van der Waals surface area (Å²) in [5, 5.41) is 7.53. The lowest BCUT2D eigenvalue weighted by Gasteiger charge is -2.26. The van der Waals surface area contributed by atoms with E-state index in [1.165, 1.54) is 6.20 Å². The number of hydrogen-bond acceptors (Lipinski definition) is 4. The summed E-state index contributed by atoms with van der Waals surface area (Å²) in [6, 6.07) is 5.43. The average Bonchev–Trinajstić information content (AvgIpc) is 3.19. The van der Waals surface area contributed by atoms with Crippen LogP contribution in [-0.2, 0) is 0 Å². The van der Waals surface area contributed by atoms with Crippen LogP contribution in [0.25, 0.3) is 16.8 Å². The third kappa shape index (κ3) is 3.13. The topological polar surface area (TPSA) is 85.3 Å². The molecular formula is C20H22FN5O. The molecule has 1 amide bonds. The zero-order valence-electron chi connectivity index (χ0n) is 15.4. The van der Waals surface area contributed by atoms with Gasteiger partial charge in [-0.25, -0.2) is 8.91 Å². The fourth-order valence-corrected chi connectivity index (χ4v) is 3.70. The second-order valence-corrected chi connectivity index (χ2v) is 7.44. The van der Waals surface area contributed by atoms with Crippen LogP contribution in [0, 0.1) is 6.92 Å². The molecule has 0 unspecified atom stereocenters. The van der Waals surface area contributed by atoms with Crippen LogP contribution in [0.1, 0.15) is 42.1 Å².